The molecule has 1 aliphatic heterocycles. The number of aromatic nitrogens is 1. The highest BCUT2D eigenvalue weighted by molar-refractivity contribution is 8.00. The average molecular weight is 286 g/mol. The molecule has 0 aromatic carbocycles. The van der Waals surface area contributed by atoms with Crippen LogP contribution in [-0.2, 0) is 16.6 Å². The van der Waals surface area contributed by atoms with Gasteiger partial charge in [0.2, 0.25) is 5.91 Å². The summed E-state index contributed by atoms with van der Waals surface area (Å²) in [5.41, 5.74) is -0.471. The third-order valence-corrected chi connectivity index (χ3v) is 3.97. The van der Waals surface area contributed by atoms with Crippen LogP contribution in [0.4, 0.5) is 5.82 Å². The Morgan fingerprint density at radius 1 is 1.58 bits per heavy atom. The molecule has 1 aromatic heterocycles. The largest absolute Gasteiger partial charge is 0.377 e. The fourth-order valence-corrected chi connectivity index (χ4v) is 2.83. The minimum Gasteiger partial charge on any atom is -0.377 e. The van der Waals surface area contributed by atoms with Gasteiger partial charge in [0, 0.05) is 19.4 Å². The van der Waals surface area contributed by atoms with Crippen molar-refractivity contribution in [1.29, 1.82) is 0 Å². The normalized spacial score (nSPS) is 19.3. The second-order valence-corrected chi connectivity index (χ2v) is 5.52. The van der Waals surface area contributed by atoms with E-state index in [4.69, 9.17) is 9.26 Å². The van der Waals surface area contributed by atoms with E-state index in [1.807, 2.05) is 0 Å². The molecule has 1 saturated heterocycles. The predicted molar refractivity (Wildman–Crippen MR) is 73.5 cm³/mol. The average Bonchev–Trinajstić information content (AvgIpc) is 2.69. The van der Waals surface area contributed by atoms with Crippen molar-refractivity contribution >= 4 is 23.5 Å². The zero-order valence-electron chi connectivity index (χ0n) is 10.9. The lowest BCUT2D eigenvalue weighted by Gasteiger charge is -2.21. The van der Waals surface area contributed by atoms with Gasteiger partial charge in [0.05, 0.1) is 17.9 Å². The van der Waals surface area contributed by atoms with Gasteiger partial charge in [-0.3, -0.25) is 4.79 Å². The Balaban J connectivity index is 1.69. The Kier molecular flexibility index (Phi) is 5.09. The van der Waals surface area contributed by atoms with Gasteiger partial charge in [-0.1, -0.05) is 0 Å². The molecule has 1 fully saturated rings. The van der Waals surface area contributed by atoms with Crippen LogP contribution >= 0.6 is 11.8 Å². The van der Waals surface area contributed by atoms with Gasteiger partial charge >= 0.3 is 5.63 Å². The maximum absolute atomic E-state index is 11.7. The van der Waals surface area contributed by atoms with Gasteiger partial charge in [-0.2, -0.15) is 4.74 Å². The van der Waals surface area contributed by atoms with Gasteiger partial charge in [0.15, 0.2) is 5.82 Å². The molecule has 1 amide bonds. The SMILES string of the molecule is Cn1oc(=O)cc1NC(=O)CSCC1CCCCO1. The number of nitrogens with zero attached hydrogens (tertiary/aromatic N) is 1. The van der Waals surface area contributed by atoms with Crippen LogP contribution in [0.3, 0.4) is 0 Å². The Bertz CT molecular complexity index is 476. The van der Waals surface area contributed by atoms with E-state index in [9.17, 15) is 9.59 Å². The summed E-state index contributed by atoms with van der Waals surface area (Å²) >= 11 is 1.54. The first-order chi connectivity index (χ1) is 9.15. The van der Waals surface area contributed by atoms with Crippen LogP contribution in [0.25, 0.3) is 0 Å². The van der Waals surface area contributed by atoms with E-state index >= 15 is 0 Å². The summed E-state index contributed by atoms with van der Waals surface area (Å²) in [7, 11) is 1.57. The quantitative estimate of drug-likeness (QED) is 0.881. The van der Waals surface area contributed by atoms with E-state index in [1.165, 1.54) is 17.2 Å². The Labute approximate surface area is 115 Å². The van der Waals surface area contributed by atoms with Gasteiger partial charge in [0.1, 0.15) is 0 Å². The lowest BCUT2D eigenvalue weighted by Crippen LogP contribution is -2.23. The van der Waals surface area contributed by atoms with E-state index in [0.717, 1.165) is 25.2 Å². The summed E-state index contributed by atoms with van der Waals surface area (Å²) in [5, 5.41) is 2.64. The molecule has 2 heterocycles. The molecule has 1 aromatic rings. The number of rotatable bonds is 5. The highest BCUT2D eigenvalue weighted by Crippen LogP contribution is 2.17. The van der Waals surface area contributed by atoms with Crippen LogP contribution in [-0.4, -0.2) is 34.9 Å². The van der Waals surface area contributed by atoms with E-state index in [0.29, 0.717) is 11.6 Å². The van der Waals surface area contributed by atoms with Crippen LogP contribution < -0.4 is 10.9 Å². The number of hydrogen-bond acceptors (Lipinski definition) is 5. The number of carbonyl (C=O) groups is 1. The van der Waals surface area contributed by atoms with Gasteiger partial charge in [-0.05, 0) is 19.3 Å². The summed E-state index contributed by atoms with van der Waals surface area (Å²) in [6.45, 7) is 0.828. The smallest absolute Gasteiger partial charge is 0.359 e. The van der Waals surface area contributed by atoms with Crippen molar-refractivity contribution in [1.82, 2.24) is 4.74 Å². The number of hydrogen-bond donors (Lipinski definition) is 1. The molecule has 0 bridgehead atoms. The van der Waals surface area contributed by atoms with Crippen molar-refractivity contribution < 1.29 is 14.1 Å². The number of nitrogens with one attached hydrogen (secondary N) is 1. The topological polar surface area (TPSA) is 73.5 Å². The zero-order chi connectivity index (χ0) is 13.7. The van der Waals surface area contributed by atoms with E-state index in [1.54, 1.807) is 18.8 Å². The van der Waals surface area contributed by atoms with Crippen LogP contribution in [0.15, 0.2) is 15.4 Å². The van der Waals surface area contributed by atoms with E-state index in [-0.39, 0.29) is 12.0 Å². The highest BCUT2D eigenvalue weighted by atomic mass is 32.2. The molecule has 7 heteroatoms. The monoisotopic (exact) mass is 286 g/mol. The number of anilines is 1. The molecule has 6 nitrogen and oxygen atoms in total. The predicted octanol–water partition coefficient (Wildman–Crippen LogP) is 1.22. The fraction of sp³-hybridized carbons (Fsp3) is 0.667. The first-order valence-corrected chi connectivity index (χ1v) is 7.47. The minimum absolute atomic E-state index is 0.141. The van der Waals surface area contributed by atoms with Gasteiger partial charge in [0.25, 0.3) is 0 Å². The molecule has 106 valence electrons. The maximum Gasteiger partial charge on any atom is 0.359 e. The molecular formula is C12H18N2O4S. The van der Waals surface area contributed by atoms with Gasteiger partial charge in [-0.15, -0.1) is 11.8 Å². The summed E-state index contributed by atoms with van der Waals surface area (Å²) in [6.07, 6.45) is 3.68. The summed E-state index contributed by atoms with van der Waals surface area (Å²) < 4.78 is 11.6. The standard InChI is InChI=1S/C12H18N2O4S/c1-14-10(6-12(16)18-14)13-11(15)8-19-7-9-4-2-3-5-17-9/h6,9H,2-5,7-8H2,1H3,(H,13,15). The molecule has 0 saturated carbocycles. The van der Waals surface area contributed by atoms with E-state index in [2.05, 4.69) is 5.32 Å². The maximum atomic E-state index is 11.7. The summed E-state index contributed by atoms with van der Waals surface area (Å²) in [4.78, 5) is 22.6. The fourth-order valence-electron chi connectivity index (χ4n) is 1.93. The molecule has 1 N–H and O–H groups in total. The highest BCUT2D eigenvalue weighted by Gasteiger charge is 2.15. The third kappa shape index (κ3) is 4.43. The van der Waals surface area contributed by atoms with Crippen molar-refractivity contribution in [2.45, 2.75) is 25.4 Å². The van der Waals surface area contributed by atoms with Crippen molar-refractivity contribution in [2.24, 2.45) is 7.05 Å². The van der Waals surface area contributed by atoms with Crippen LogP contribution in [0, 0.1) is 0 Å². The first kappa shape index (κ1) is 14.2. The minimum atomic E-state index is -0.471. The second-order valence-electron chi connectivity index (χ2n) is 4.49. The molecule has 0 spiro atoms. The molecule has 1 atom stereocenters. The van der Waals surface area contributed by atoms with Crippen molar-refractivity contribution in [3.63, 3.8) is 0 Å². The molecule has 1 aliphatic rings. The lowest BCUT2D eigenvalue weighted by atomic mass is 10.1. The van der Waals surface area contributed by atoms with E-state index < -0.39 is 5.63 Å². The Morgan fingerprint density at radius 3 is 3.05 bits per heavy atom. The molecule has 0 aliphatic carbocycles. The molecule has 2 rings (SSSR count). The molecule has 19 heavy (non-hydrogen) atoms. The van der Waals surface area contributed by atoms with Crippen LogP contribution in [0.2, 0.25) is 0 Å². The summed E-state index contributed by atoms with van der Waals surface area (Å²) in [6, 6.07) is 1.26. The van der Waals surface area contributed by atoms with Crippen LogP contribution in [0.1, 0.15) is 19.3 Å². The molecule has 1 unspecified atom stereocenters. The van der Waals surface area contributed by atoms with Crippen molar-refractivity contribution in [2.75, 3.05) is 23.4 Å². The lowest BCUT2D eigenvalue weighted by molar-refractivity contribution is -0.113. The van der Waals surface area contributed by atoms with Crippen molar-refractivity contribution in [3.05, 3.63) is 16.5 Å². The Hall–Kier alpha value is -1.21. The Morgan fingerprint density at radius 2 is 2.42 bits per heavy atom. The molecule has 0 radical (unpaired) electrons. The number of ether oxygens (including phenoxy) is 1. The number of amides is 1. The number of carbonyl (C=O) groups excluding carboxylic acids is 1. The van der Waals surface area contributed by atoms with Gasteiger partial charge < -0.3 is 14.6 Å². The third-order valence-electron chi connectivity index (χ3n) is 2.90. The van der Waals surface area contributed by atoms with Crippen LogP contribution in [0.5, 0.6) is 0 Å². The zero-order valence-corrected chi connectivity index (χ0v) is 11.7. The van der Waals surface area contributed by atoms with Gasteiger partial charge in [-0.25, -0.2) is 4.79 Å². The number of thioether (sulfide) groups is 1. The number of aryl methyl sites for hydroxylation is 1. The summed E-state index contributed by atoms with van der Waals surface area (Å²) in [5.74, 6) is 1.42. The first-order valence-electron chi connectivity index (χ1n) is 6.31. The second kappa shape index (κ2) is 6.81. The van der Waals surface area contributed by atoms with Crippen molar-refractivity contribution in [3.8, 4) is 0 Å². The molecular weight excluding hydrogens is 268 g/mol.